The molecule has 0 saturated heterocycles. The number of carbonyl (C=O) groups is 3. The van der Waals surface area contributed by atoms with E-state index in [1.807, 2.05) is 0 Å². The van der Waals surface area contributed by atoms with Gasteiger partial charge in [0.05, 0.1) is 92.5 Å². The Morgan fingerprint density at radius 1 is 0.514 bits per heavy atom. The van der Waals surface area contributed by atoms with E-state index in [1.54, 1.807) is 0 Å². The van der Waals surface area contributed by atoms with Crippen LogP contribution in [0.4, 0.5) is 0 Å². The highest BCUT2D eigenvalue weighted by Crippen LogP contribution is 1.89. The quantitative estimate of drug-likeness (QED) is 0.0656. The van der Waals surface area contributed by atoms with Crippen molar-refractivity contribution in [1.29, 1.82) is 0 Å². The maximum absolute atomic E-state index is 11.1. The van der Waals surface area contributed by atoms with E-state index in [1.165, 1.54) is 6.92 Å². The number of ketones is 1. The maximum Gasteiger partial charge on any atom is 0.330 e. The molecule has 0 bridgehead atoms. The smallest absolute Gasteiger partial charge is 0.330 e. The van der Waals surface area contributed by atoms with Crippen LogP contribution in [-0.2, 0) is 57.0 Å². The van der Waals surface area contributed by atoms with Crippen molar-refractivity contribution in [2.24, 2.45) is 0 Å². The van der Waals surface area contributed by atoms with Gasteiger partial charge in [-0.05, 0) is 6.92 Å². The molecule has 0 aromatic carbocycles. The van der Waals surface area contributed by atoms with E-state index in [0.717, 1.165) is 6.08 Å². The third kappa shape index (κ3) is 28.2. The lowest BCUT2D eigenvalue weighted by Crippen LogP contribution is -2.16. The van der Waals surface area contributed by atoms with Gasteiger partial charge in [0.2, 0.25) is 0 Å². The number of carbonyl (C=O) groups excluding carboxylic acids is 3. The third-order valence-corrected chi connectivity index (χ3v) is 3.75. The molecule has 0 aromatic rings. The molecule has 0 heterocycles. The Labute approximate surface area is 207 Å². The highest BCUT2D eigenvalue weighted by Gasteiger charge is 2.05. The largest absolute Gasteiger partial charge is 0.463 e. The Morgan fingerprint density at radius 3 is 1.09 bits per heavy atom. The van der Waals surface area contributed by atoms with Gasteiger partial charge in [0.25, 0.3) is 0 Å². The molecule has 0 amide bonds. The zero-order valence-electron chi connectivity index (χ0n) is 20.7. The lowest BCUT2D eigenvalue weighted by Gasteiger charge is -2.08. The van der Waals surface area contributed by atoms with Crippen LogP contribution in [-0.4, -0.2) is 123 Å². The predicted octanol–water partition coefficient (Wildman–Crippen LogP) is 0.354. The molecule has 0 aliphatic rings. The summed E-state index contributed by atoms with van der Waals surface area (Å²) in [4.78, 5) is 32.6. The number of hydrogen-bond donors (Lipinski definition) is 0. The average Bonchev–Trinajstić information content (AvgIpc) is 2.83. The van der Waals surface area contributed by atoms with Gasteiger partial charge in [0.15, 0.2) is 0 Å². The second-order valence-corrected chi connectivity index (χ2v) is 6.76. The first-order valence-electron chi connectivity index (χ1n) is 11.5. The van der Waals surface area contributed by atoms with Crippen LogP contribution >= 0.6 is 0 Å². The molecular formula is C23H40O12. The maximum atomic E-state index is 11.1. The normalized spacial score (nSPS) is 10.8. The van der Waals surface area contributed by atoms with Crippen LogP contribution < -0.4 is 0 Å². The standard InChI is InChI=1S/C23H40O12/c1-3-22(25)34-18-16-32-14-12-30-10-8-28-6-4-27-5-7-29-9-11-31-13-15-33-17-19-35-23(26)20-21(2)24/h3H,1,4-20H2,2H3. The van der Waals surface area contributed by atoms with Crippen LogP contribution in [0.5, 0.6) is 0 Å². The summed E-state index contributed by atoms with van der Waals surface area (Å²) in [6.07, 6.45) is 0.893. The Morgan fingerprint density at radius 2 is 0.800 bits per heavy atom. The average molecular weight is 509 g/mol. The molecule has 0 spiro atoms. The van der Waals surface area contributed by atoms with E-state index in [-0.39, 0.29) is 32.0 Å². The molecule has 204 valence electrons. The Hall–Kier alpha value is -1.93. The summed E-state index contributed by atoms with van der Waals surface area (Å²) in [6.45, 7) is 10.8. The summed E-state index contributed by atoms with van der Waals surface area (Å²) in [6, 6.07) is 0. The van der Waals surface area contributed by atoms with Crippen LogP contribution in [0.25, 0.3) is 0 Å². The molecule has 12 nitrogen and oxygen atoms in total. The van der Waals surface area contributed by atoms with Crippen molar-refractivity contribution >= 4 is 17.7 Å². The van der Waals surface area contributed by atoms with E-state index < -0.39 is 11.9 Å². The molecule has 0 aliphatic carbocycles. The highest BCUT2D eigenvalue weighted by molar-refractivity contribution is 5.94. The van der Waals surface area contributed by atoms with Crippen molar-refractivity contribution in [2.45, 2.75) is 13.3 Å². The van der Waals surface area contributed by atoms with Crippen LogP contribution in [0.1, 0.15) is 13.3 Å². The molecule has 0 aliphatic heterocycles. The highest BCUT2D eigenvalue weighted by atomic mass is 16.6. The minimum Gasteiger partial charge on any atom is -0.463 e. The van der Waals surface area contributed by atoms with Gasteiger partial charge in [0, 0.05) is 6.08 Å². The fourth-order valence-corrected chi connectivity index (χ4v) is 2.15. The summed E-state index contributed by atoms with van der Waals surface area (Å²) in [5, 5.41) is 0. The van der Waals surface area contributed by atoms with Crippen LogP contribution in [0.3, 0.4) is 0 Å². The summed E-state index contributed by atoms with van der Waals surface area (Å²) in [7, 11) is 0. The number of rotatable bonds is 27. The van der Waals surface area contributed by atoms with Gasteiger partial charge in [-0.15, -0.1) is 0 Å². The molecule has 0 fully saturated rings. The van der Waals surface area contributed by atoms with E-state index >= 15 is 0 Å². The lowest BCUT2D eigenvalue weighted by molar-refractivity contribution is -0.147. The van der Waals surface area contributed by atoms with Crippen molar-refractivity contribution in [3.05, 3.63) is 12.7 Å². The monoisotopic (exact) mass is 508 g/mol. The van der Waals surface area contributed by atoms with Crippen LogP contribution in [0, 0.1) is 0 Å². The second kappa shape index (κ2) is 26.7. The van der Waals surface area contributed by atoms with Gasteiger partial charge >= 0.3 is 11.9 Å². The minimum atomic E-state index is -0.543. The zero-order valence-corrected chi connectivity index (χ0v) is 20.7. The molecule has 12 heteroatoms. The molecule has 35 heavy (non-hydrogen) atoms. The van der Waals surface area contributed by atoms with Gasteiger partial charge in [0.1, 0.15) is 25.4 Å². The molecule has 0 atom stereocenters. The van der Waals surface area contributed by atoms with Crippen molar-refractivity contribution in [3.63, 3.8) is 0 Å². The lowest BCUT2D eigenvalue weighted by atomic mass is 10.3. The Bertz CT molecular complexity index is 541. The fourth-order valence-electron chi connectivity index (χ4n) is 2.15. The summed E-state index contributed by atoms with van der Waals surface area (Å²) in [5.41, 5.74) is 0. The number of hydrogen-bond acceptors (Lipinski definition) is 12. The minimum absolute atomic E-state index is 0.114. The van der Waals surface area contributed by atoms with Crippen LogP contribution in [0.15, 0.2) is 12.7 Å². The van der Waals surface area contributed by atoms with E-state index in [9.17, 15) is 14.4 Å². The van der Waals surface area contributed by atoms with Gasteiger partial charge in [-0.25, -0.2) is 4.79 Å². The first-order valence-corrected chi connectivity index (χ1v) is 11.5. The van der Waals surface area contributed by atoms with Crippen molar-refractivity contribution in [2.75, 3.05) is 106 Å². The summed E-state index contributed by atoms with van der Waals surface area (Å²) >= 11 is 0. The Kier molecular flexibility index (Phi) is 25.2. The van der Waals surface area contributed by atoms with Gasteiger partial charge in [-0.3, -0.25) is 9.59 Å². The van der Waals surface area contributed by atoms with E-state index in [4.69, 9.17) is 42.6 Å². The molecule has 0 unspecified atom stereocenters. The molecule has 0 saturated carbocycles. The second-order valence-electron chi connectivity index (χ2n) is 6.76. The number of Topliss-reactive ketones (excluding diaryl/α,β-unsaturated/α-hetero) is 1. The zero-order chi connectivity index (χ0) is 25.8. The van der Waals surface area contributed by atoms with Gasteiger partial charge in [-0.2, -0.15) is 0 Å². The molecule has 0 N–H and O–H groups in total. The summed E-state index contributed by atoms with van der Waals surface area (Å²) in [5.74, 6) is -1.24. The van der Waals surface area contributed by atoms with Crippen molar-refractivity contribution in [3.8, 4) is 0 Å². The van der Waals surface area contributed by atoms with Crippen molar-refractivity contribution < 1.29 is 57.0 Å². The first-order chi connectivity index (χ1) is 17.1. The fraction of sp³-hybridized carbons (Fsp3) is 0.783. The van der Waals surface area contributed by atoms with Gasteiger partial charge in [-0.1, -0.05) is 6.58 Å². The SMILES string of the molecule is C=CC(=O)OCCOCCOCCOCCOCCOCCOCCOCCOC(=O)CC(C)=O. The third-order valence-electron chi connectivity index (χ3n) is 3.75. The predicted molar refractivity (Wildman–Crippen MR) is 123 cm³/mol. The van der Waals surface area contributed by atoms with Crippen LogP contribution in [0.2, 0.25) is 0 Å². The number of ether oxygens (including phenoxy) is 9. The van der Waals surface area contributed by atoms with Crippen molar-refractivity contribution in [1.82, 2.24) is 0 Å². The summed E-state index contributed by atoms with van der Waals surface area (Å²) < 4.78 is 46.9. The number of esters is 2. The Balaban J connectivity index is 3.10. The first kappa shape index (κ1) is 33.1. The van der Waals surface area contributed by atoms with E-state index in [2.05, 4.69) is 6.58 Å². The van der Waals surface area contributed by atoms with Gasteiger partial charge < -0.3 is 42.6 Å². The molecule has 0 rings (SSSR count). The molecular weight excluding hydrogens is 468 g/mol. The van der Waals surface area contributed by atoms with E-state index in [0.29, 0.717) is 85.9 Å². The topological polar surface area (TPSA) is 134 Å². The molecule has 0 aromatic heterocycles. The molecule has 0 radical (unpaired) electrons.